The van der Waals surface area contributed by atoms with E-state index in [1.807, 2.05) is 12.1 Å². The molecule has 0 aliphatic rings. The van der Waals surface area contributed by atoms with Crippen LogP contribution in [0, 0.1) is 11.6 Å². The highest BCUT2D eigenvalue weighted by Crippen LogP contribution is 2.27. The Kier molecular flexibility index (Phi) is 9.51. The standard InChI is InChI=1S/C33H27ClF2N4O4/c1-43-33(42)21-9-12-29(30(16-21)38-18-24-4-3-13-37-24)39-31(41)15-20-7-11-25(27(36)14-20)28-5-2-6-32(40-28)44-19-22-8-10-23(34)17-26(22)35/h2-14,16-17,37-38H,15,18-19H2,1H3,(H,39,41). The third-order valence-corrected chi connectivity index (χ3v) is 6.87. The Morgan fingerprint density at radius 2 is 1.80 bits per heavy atom. The van der Waals surface area contributed by atoms with Crippen molar-refractivity contribution in [3.05, 3.63) is 130 Å². The largest absolute Gasteiger partial charge is 0.473 e. The molecule has 0 unspecified atom stereocenters. The van der Waals surface area contributed by atoms with E-state index in [4.69, 9.17) is 21.1 Å². The summed E-state index contributed by atoms with van der Waals surface area (Å²) >= 11 is 5.80. The van der Waals surface area contributed by atoms with Crippen molar-refractivity contribution in [2.24, 2.45) is 0 Å². The first-order valence-electron chi connectivity index (χ1n) is 13.5. The third-order valence-electron chi connectivity index (χ3n) is 6.63. The highest BCUT2D eigenvalue weighted by molar-refractivity contribution is 6.30. The molecule has 5 rings (SSSR count). The van der Waals surface area contributed by atoms with Crippen molar-refractivity contribution in [3.8, 4) is 17.1 Å². The number of carbonyl (C=O) groups is 2. The van der Waals surface area contributed by atoms with Gasteiger partial charge in [-0.3, -0.25) is 4.79 Å². The van der Waals surface area contributed by atoms with Gasteiger partial charge < -0.3 is 25.1 Å². The molecule has 0 spiro atoms. The molecule has 0 atom stereocenters. The minimum absolute atomic E-state index is 0.0788. The molecule has 0 fully saturated rings. The maximum atomic E-state index is 15.2. The number of benzene rings is 3. The summed E-state index contributed by atoms with van der Waals surface area (Å²) in [7, 11) is 1.29. The van der Waals surface area contributed by atoms with Gasteiger partial charge in [0.15, 0.2) is 0 Å². The lowest BCUT2D eigenvalue weighted by molar-refractivity contribution is -0.115. The number of amides is 1. The minimum atomic E-state index is -0.570. The molecule has 2 aromatic heterocycles. The molecular weight excluding hydrogens is 590 g/mol. The summed E-state index contributed by atoms with van der Waals surface area (Å²) < 4.78 is 39.7. The lowest BCUT2D eigenvalue weighted by Crippen LogP contribution is -2.16. The van der Waals surface area contributed by atoms with Crippen LogP contribution in [0.15, 0.2) is 91.1 Å². The predicted octanol–water partition coefficient (Wildman–Crippen LogP) is 7.17. The lowest BCUT2D eigenvalue weighted by atomic mass is 10.0. The van der Waals surface area contributed by atoms with Crippen LogP contribution in [0.4, 0.5) is 20.2 Å². The Hall–Kier alpha value is -5.22. The number of hydrogen-bond acceptors (Lipinski definition) is 6. The average Bonchev–Trinajstić information content (AvgIpc) is 3.54. The zero-order valence-corrected chi connectivity index (χ0v) is 24.3. The van der Waals surface area contributed by atoms with E-state index in [1.54, 1.807) is 54.7 Å². The van der Waals surface area contributed by atoms with Gasteiger partial charge in [0, 0.05) is 34.1 Å². The molecule has 0 aliphatic heterocycles. The molecular formula is C33H27ClF2N4O4. The molecule has 8 nitrogen and oxygen atoms in total. The fraction of sp³-hybridized carbons (Fsp3) is 0.121. The second-order valence-corrected chi connectivity index (χ2v) is 10.2. The van der Waals surface area contributed by atoms with Crippen LogP contribution in [0.2, 0.25) is 5.02 Å². The van der Waals surface area contributed by atoms with Crippen molar-refractivity contribution in [2.45, 2.75) is 19.6 Å². The normalized spacial score (nSPS) is 10.7. The summed E-state index contributed by atoms with van der Waals surface area (Å²) in [6, 6.07) is 22.1. The van der Waals surface area contributed by atoms with E-state index >= 15 is 4.39 Å². The first kappa shape index (κ1) is 30.2. The molecule has 3 aromatic carbocycles. The molecule has 11 heteroatoms. The highest BCUT2D eigenvalue weighted by Gasteiger charge is 2.15. The van der Waals surface area contributed by atoms with Gasteiger partial charge in [-0.2, -0.15) is 0 Å². The number of aromatic amines is 1. The highest BCUT2D eigenvalue weighted by atomic mass is 35.5. The van der Waals surface area contributed by atoms with Gasteiger partial charge in [0.25, 0.3) is 0 Å². The maximum absolute atomic E-state index is 15.2. The fourth-order valence-corrected chi connectivity index (χ4v) is 4.56. The van der Waals surface area contributed by atoms with Crippen LogP contribution in [0.25, 0.3) is 11.3 Å². The monoisotopic (exact) mass is 616 g/mol. The predicted molar refractivity (Wildman–Crippen MR) is 164 cm³/mol. The molecule has 1 amide bonds. The van der Waals surface area contributed by atoms with E-state index in [1.165, 1.54) is 31.4 Å². The van der Waals surface area contributed by atoms with E-state index in [9.17, 15) is 14.0 Å². The Morgan fingerprint density at radius 1 is 0.932 bits per heavy atom. The fourth-order valence-electron chi connectivity index (χ4n) is 4.40. The number of pyridine rings is 1. The number of nitrogens with one attached hydrogen (secondary N) is 3. The first-order valence-corrected chi connectivity index (χ1v) is 13.9. The Morgan fingerprint density at radius 3 is 2.55 bits per heavy atom. The first-order chi connectivity index (χ1) is 21.3. The van der Waals surface area contributed by atoms with Crippen LogP contribution in [0.3, 0.4) is 0 Å². The van der Waals surface area contributed by atoms with Gasteiger partial charge in [-0.25, -0.2) is 18.6 Å². The van der Waals surface area contributed by atoms with Crippen molar-refractivity contribution >= 4 is 34.9 Å². The molecule has 2 heterocycles. The summed E-state index contributed by atoms with van der Waals surface area (Å²) in [5, 5.41) is 6.32. The molecule has 44 heavy (non-hydrogen) atoms. The third kappa shape index (κ3) is 7.59. The summed E-state index contributed by atoms with van der Waals surface area (Å²) in [6.45, 7) is 0.343. The molecule has 0 saturated carbocycles. The van der Waals surface area contributed by atoms with E-state index in [0.717, 1.165) is 5.69 Å². The summed E-state index contributed by atoms with van der Waals surface area (Å²) in [6.07, 6.45) is 1.69. The molecule has 5 aromatic rings. The van der Waals surface area contributed by atoms with Gasteiger partial charge in [-0.1, -0.05) is 29.8 Å². The van der Waals surface area contributed by atoms with Gasteiger partial charge in [0.2, 0.25) is 11.8 Å². The zero-order valence-electron chi connectivity index (χ0n) is 23.5. The van der Waals surface area contributed by atoms with Crippen molar-refractivity contribution < 1.29 is 27.8 Å². The van der Waals surface area contributed by atoms with Crippen molar-refractivity contribution in [1.82, 2.24) is 9.97 Å². The summed E-state index contributed by atoms with van der Waals surface area (Å²) in [5.41, 5.74) is 3.47. The number of carbonyl (C=O) groups excluding carboxylic acids is 2. The smallest absolute Gasteiger partial charge is 0.337 e. The van der Waals surface area contributed by atoms with Gasteiger partial charge in [-0.05, 0) is 66.2 Å². The topological polar surface area (TPSA) is 105 Å². The van der Waals surface area contributed by atoms with Crippen LogP contribution < -0.4 is 15.4 Å². The average molecular weight is 617 g/mol. The SMILES string of the molecule is COC(=O)c1ccc(NC(=O)Cc2ccc(-c3cccc(OCc4ccc(Cl)cc4F)n3)c(F)c2)c(NCc2ccc[nH]2)c1. The van der Waals surface area contributed by atoms with Crippen molar-refractivity contribution in [3.63, 3.8) is 0 Å². The molecule has 3 N–H and O–H groups in total. The summed E-state index contributed by atoms with van der Waals surface area (Å²) in [4.78, 5) is 32.5. The van der Waals surface area contributed by atoms with E-state index in [-0.39, 0.29) is 35.4 Å². The second-order valence-electron chi connectivity index (χ2n) is 9.73. The number of aromatic nitrogens is 2. The summed E-state index contributed by atoms with van der Waals surface area (Å²) in [5.74, 6) is -1.77. The number of methoxy groups -OCH3 is 1. The number of ether oxygens (including phenoxy) is 2. The Bertz CT molecular complexity index is 1800. The van der Waals surface area contributed by atoms with E-state index in [2.05, 4.69) is 20.6 Å². The van der Waals surface area contributed by atoms with Gasteiger partial charge in [0.1, 0.15) is 18.2 Å². The number of esters is 1. The molecule has 0 bridgehead atoms. The van der Waals surface area contributed by atoms with E-state index < -0.39 is 17.6 Å². The molecule has 0 radical (unpaired) electrons. The van der Waals surface area contributed by atoms with Crippen LogP contribution in [0.1, 0.15) is 27.2 Å². The van der Waals surface area contributed by atoms with Gasteiger partial charge in [0.05, 0.1) is 42.7 Å². The number of hydrogen-bond donors (Lipinski definition) is 3. The quantitative estimate of drug-likeness (QED) is 0.136. The van der Waals surface area contributed by atoms with Crippen LogP contribution in [-0.2, 0) is 29.1 Å². The van der Waals surface area contributed by atoms with Crippen LogP contribution in [0.5, 0.6) is 5.88 Å². The lowest BCUT2D eigenvalue weighted by Gasteiger charge is -2.14. The van der Waals surface area contributed by atoms with Crippen molar-refractivity contribution in [1.29, 1.82) is 0 Å². The Balaban J connectivity index is 1.26. The van der Waals surface area contributed by atoms with Gasteiger partial charge in [-0.15, -0.1) is 0 Å². The van der Waals surface area contributed by atoms with E-state index in [0.29, 0.717) is 40.3 Å². The number of H-pyrrole nitrogens is 1. The molecule has 224 valence electrons. The number of rotatable bonds is 11. The second kappa shape index (κ2) is 13.8. The maximum Gasteiger partial charge on any atom is 0.337 e. The van der Waals surface area contributed by atoms with Crippen LogP contribution in [-0.4, -0.2) is 29.0 Å². The number of nitrogens with zero attached hydrogens (tertiary/aromatic N) is 1. The minimum Gasteiger partial charge on any atom is -0.473 e. The van der Waals surface area contributed by atoms with Gasteiger partial charge >= 0.3 is 5.97 Å². The number of halogens is 3. The zero-order chi connectivity index (χ0) is 31.1. The molecule has 0 aliphatic carbocycles. The van der Waals surface area contributed by atoms with Crippen LogP contribution >= 0.6 is 11.6 Å². The molecule has 0 saturated heterocycles. The van der Waals surface area contributed by atoms with Crippen molar-refractivity contribution in [2.75, 3.05) is 17.7 Å². The number of anilines is 2. The Labute approximate surface area is 257 Å².